The van der Waals surface area contributed by atoms with Crippen LogP contribution in [0.15, 0.2) is 72.9 Å². The van der Waals surface area contributed by atoms with Gasteiger partial charge in [0, 0.05) is 31.2 Å². The van der Waals surface area contributed by atoms with Crippen molar-refractivity contribution in [2.75, 3.05) is 25.0 Å². The van der Waals surface area contributed by atoms with Crippen molar-refractivity contribution in [1.82, 2.24) is 9.47 Å². The number of para-hydroxylation sites is 2. The second kappa shape index (κ2) is 10.8. The van der Waals surface area contributed by atoms with Gasteiger partial charge >= 0.3 is 6.09 Å². The largest absolute Gasteiger partial charge is 0.485 e. The van der Waals surface area contributed by atoms with E-state index in [1.54, 1.807) is 35.2 Å². The third-order valence-corrected chi connectivity index (χ3v) is 6.42. The first kappa shape index (κ1) is 25.1. The number of amides is 2. The number of halogens is 1. The summed E-state index contributed by atoms with van der Waals surface area (Å²) >= 11 is 0. The molecule has 4 aromatic rings. The van der Waals surface area contributed by atoms with Gasteiger partial charge in [-0.3, -0.25) is 4.79 Å². The van der Waals surface area contributed by atoms with Gasteiger partial charge in [0.05, 0.1) is 11.2 Å². The Hall–Kier alpha value is -4.53. The molecule has 0 saturated carbocycles. The number of anilines is 1. The molecule has 2 heterocycles. The number of aromatic nitrogens is 1. The van der Waals surface area contributed by atoms with E-state index in [-0.39, 0.29) is 18.2 Å². The molecule has 8 nitrogen and oxygen atoms in total. The first-order chi connectivity index (χ1) is 18.5. The van der Waals surface area contributed by atoms with Crippen LogP contribution in [0.5, 0.6) is 17.2 Å². The first-order valence-corrected chi connectivity index (χ1v) is 12.5. The number of hydrogen-bond donors (Lipinski definition) is 1. The Morgan fingerprint density at radius 1 is 1.05 bits per heavy atom. The van der Waals surface area contributed by atoms with Gasteiger partial charge in [-0.25, -0.2) is 9.18 Å². The van der Waals surface area contributed by atoms with Crippen molar-refractivity contribution in [3.05, 3.63) is 84.3 Å². The molecular formula is C29H28FN3O5. The number of hydrogen-bond acceptors (Lipinski definition) is 5. The van der Waals surface area contributed by atoms with E-state index in [1.807, 2.05) is 48.9 Å². The number of nitrogens with one attached hydrogen (secondary N) is 1. The maximum Gasteiger partial charge on any atom is 0.415 e. The van der Waals surface area contributed by atoms with Gasteiger partial charge in [0.2, 0.25) is 6.10 Å². The summed E-state index contributed by atoms with van der Waals surface area (Å²) in [6.45, 7) is 5.15. The van der Waals surface area contributed by atoms with Gasteiger partial charge in [-0.1, -0.05) is 24.3 Å². The molecule has 0 radical (unpaired) electrons. The standard InChI is InChI=1S/C29H28FN3O5/c1-3-32(4-2)29(35)38-25-13-12-22-21(14-15-33(22)17-19-8-7-9-20(30)16-19)27(25)31-28(34)26-18-36-23-10-5-6-11-24(23)37-26/h5-16,26H,3-4,17-18H2,1-2H3,(H,31,34)/t26-/m0/s1. The van der Waals surface area contributed by atoms with E-state index >= 15 is 0 Å². The van der Waals surface area contributed by atoms with Crippen molar-refractivity contribution in [3.8, 4) is 17.2 Å². The predicted octanol–water partition coefficient (Wildman–Crippen LogP) is 5.45. The predicted molar refractivity (Wildman–Crippen MR) is 141 cm³/mol. The molecule has 1 aliphatic rings. The van der Waals surface area contributed by atoms with E-state index in [1.165, 1.54) is 12.1 Å². The van der Waals surface area contributed by atoms with Crippen LogP contribution in [-0.2, 0) is 11.3 Å². The SMILES string of the molecule is CCN(CC)C(=O)Oc1ccc2c(ccn2Cc2cccc(F)c2)c1NC(=O)[C@@H]1COc2ccccc2O1. The number of ether oxygens (including phenoxy) is 3. The smallest absolute Gasteiger partial charge is 0.415 e. The number of benzene rings is 3. The molecular weight excluding hydrogens is 489 g/mol. The zero-order chi connectivity index (χ0) is 26.6. The van der Waals surface area contributed by atoms with Gasteiger partial charge in [-0.15, -0.1) is 0 Å². The maximum absolute atomic E-state index is 13.8. The van der Waals surface area contributed by atoms with Crippen LogP contribution >= 0.6 is 0 Å². The van der Waals surface area contributed by atoms with Crippen molar-refractivity contribution in [3.63, 3.8) is 0 Å². The summed E-state index contributed by atoms with van der Waals surface area (Å²) in [6.07, 6.45) is 0.425. The molecule has 2 amide bonds. The normalized spacial score (nSPS) is 14.2. The van der Waals surface area contributed by atoms with Crippen molar-refractivity contribution in [2.24, 2.45) is 0 Å². The van der Waals surface area contributed by atoms with E-state index in [0.29, 0.717) is 42.2 Å². The van der Waals surface area contributed by atoms with E-state index in [4.69, 9.17) is 14.2 Å². The zero-order valence-corrected chi connectivity index (χ0v) is 21.1. The summed E-state index contributed by atoms with van der Waals surface area (Å²) in [5, 5.41) is 3.57. The molecule has 3 aromatic carbocycles. The van der Waals surface area contributed by atoms with Crippen LogP contribution in [0.25, 0.3) is 10.9 Å². The quantitative estimate of drug-likeness (QED) is 0.353. The minimum absolute atomic E-state index is 0.0357. The lowest BCUT2D eigenvalue weighted by Gasteiger charge is -2.26. The molecule has 1 atom stereocenters. The fourth-order valence-corrected chi connectivity index (χ4v) is 4.43. The van der Waals surface area contributed by atoms with Crippen molar-refractivity contribution >= 4 is 28.6 Å². The molecule has 9 heteroatoms. The third-order valence-electron chi connectivity index (χ3n) is 6.42. The number of nitrogens with zero attached hydrogens (tertiary/aromatic N) is 2. The average molecular weight is 518 g/mol. The van der Waals surface area contributed by atoms with Gasteiger partial charge in [0.25, 0.3) is 5.91 Å². The monoisotopic (exact) mass is 517 g/mol. The molecule has 0 saturated heterocycles. The summed E-state index contributed by atoms with van der Waals surface area (Å²) in [5.74, 6) is 0.510. The van der Waals surface area contributed by atoms with Crippen LogP contribution in [0, 0.1) is 5.82 Å². The van der Waals surface area contributed by atoms with Gasteiger partial charge in [-0.2, -0.15) is 0 Å². The Bertz CT molecular complexity index is 1480. The molecule has 0 fully saturated rings. The van der Waals surface area contributed by atoms with Crippen molar-refractivity contribution < 1.29 is 28.2 Å². The minimum atomic E-state index is -0.902. The Morgan fingerprint density at radius 3 is 2.61 bits per heavy atom. The zero-order valence-electron chi connectivity index (χ0n) is 21.1. The molecule has 0 aliphatic carbocycles. The highest BCUT2D eigenvalue weighted by Crippen LogP contribution is 2.36. The van der Waals surface area contributed by atoms with Crippen LogP contribution in [0.1, 0.15) is 19.4 Å². The fourth-order valence-electron chi connectivity index (χ4n) is 4.43. The van der Waals surface area contributed by atoms with Crippen LogP contribution in [0.2, 0.25) is 0 Å². The summed E-state index contributed by atoms with van der Waals surface area (Å²) in [4.78, 5) is 27.6. The molecule has 1 aromatic heterocycles. The number of carbonyl (C=O) groups is 2. The highest BCUT2D eigenvalue weighted by atomic mass is 19.1. The molecule has 0 spiro atoms. The minimum Gasteiger partial charge on any atom is -0.485 e. The number of rotatable bonds is 7. The van der Waals surface area contributed by atoms with E-state index in [0.717, 1.165) is 11.1 Å². The topological polar surface area (TPSA) is 82.0 Å². The van der Waals surface area contributed by atoms with E-state index in [2.05, 4.69) is 5.32 Å². The average Bonchev–Trinajstić information content (AvgIpc) is 3.33. The highest BCUT2D eigenvalue weighted by molar-refractivity contribution is 6.06. The summed E-state index contributed by atoms with van der Waals surface area (Å²) in [6, 6.07) is 18.8. The number of carbonyl (C=O) groups excluding carboxylic acids is 2. The Morgan fingerprint density at radius 2 is 1.84 bits per heavy atom. The van der Waals surface area contributed by atoms with Gasteiger partial charge in [-0.05, 0) is 61.9 Å². The molecule has 38 heavy (non-hydrogen) atoms. The molecule has 1 aliphatic heterocycles. The third kappa shape index (κ3) is 5.13. The second-order valence-corrected chi connectivity index (χ2v) is 8.84. The summed E-state index contributed by atoms with van der Waals surface area (Å²) in [7, 11) is 0. The Kier molecular flexibility index (Phi) is 7.17. The summed E-state index contributed by atoms with van der Waals surface area (Å²) in [5.41, 5.74) is 1.91. The lowest BCUT2D eigenvalue weighted by Crippen LogP contribution is -2.40. The molecule has 1 N–H and O–H groups in total. The van der Waals surface area contributed by atoms with Crippen LogP contribution in [-0.4, -0.2) is 47.3 Å². The number of fused-ring (bicyclic) bond motifs is 2. The van der Waals surface area contributed by atoms with Crippen LogP contribution in [0.4, 0.5) is 14.9 Å². The Balaban J connectivity index is 1.47. The van der Waals surface area contributed by atoms with E-state index in [9.17, 15) is 14.0 Å². The fraction of sp³-hybridized carbons (Fsp3) is 0.241. The lowest BCUT2D eigenvalue weighted by atomic mass is 10.1. The summed E-state index contributed by atoms with van der Waals surface area (Å²) < 4.78 is 33.0. The van der Waals surface area contributed by atoms with Crippen molar-refractivity contribution in [2.45, 2.75) is 26.5 Å². The Labute approximate surface area is 219 Å². The van der Waals surface area contributed by atoms with E-state index < -0.39 is 18.1 Å². The lowest BCUT2D eigenvalue weighted by molar-refractivity contribution is -0.125. The maximum atomic E-state index is 13.8. The molecule has 5 rings (SSSR count). The van der Waals surface area contributed by atoms with Crippen LogP contribution in [0.3, 0.4) is 0 Å². The van der Waals surface area contributed by atoms with Gasteiger partial charge in [0.15, 0.2) is 17.2 Å². The van der Waals surface area contributed by atoms with Gasteiger partial charge in [0.1, 0.15) is 12.4 Å². The first-order valence-electron chi connectivity index (χ1n) is 12.5. The molecule has 0 unspecified atom stereocenters. The molecule has 196 valence electrons. The molecule has 0 bridgehead atoms. The highest BCUT2D eigenvalue weighted by Gasteiger charge is 2.29. The second-order valence-electron chi connectivity index (χ2n) is 8.84. The van der Waals surface area contributed by atoms with Crippen molar-refractivity contribution in [1.29, 1.82) is 0 Å². The van der Waals surface area contributed by atoms with Crippen LogP contribution < -0.4 is 19.5 Å². The van der Waals surface area contributed by atoms with Gasteiger partial charge < -0.3 is 29.0 Å².